The van der Waals surface area contributed by atoms with E-state index < -0.39 is 0 Å². The first kappa shape index (κ1) is 17.5. The van der Waals surface area contributed by atoms with E-state index in [1.54, 1.807) is 24.3 Å². The summed E-state index contributed by atoms with van der Waals surface area (Å²) < 4.78 is 5.59. The highest BCUT2D eigenvalue weighted by molar-refractivity contribution is 5.95. The highest BCUT2D eigenvalue weighted by Gasteiger charge is 2.03. The minimum Gasteiger partial charge on any atom is -0.494 e. The third-order valence-corrected chi connectivity index (χ3v) is 3.45. The number of nitrogens with one attached hydrogen (secondary N) is 2. The Bertz CT molecular complexity index is 679. The van der Waals surface area contributed by atoms with Crippen LogP contribution in [0.5, 0.6) is 5.75 Å². The molecule has 0 aliphatic carbocycles. The van der Waals surface area contributed by atoms with Gasteiger partial charge in [0.15, 0.2) is 5.78 Å². The molecule has 0 saturated carbocycles. The van der Waals surface area contributed by atoms with Crippen LogP contribution in [0, 0.1) is 6.92 Å². The topological polar surface area (TPSA) is 67.4 Å². The van der Waals surface area contributed by atoms with Crippen molar-refractivity contribution >= 4 is 17.5 Å². The maximum absolute atomic E-state index is 11.8. The zero-order valence-electron chi connectivity index (χ0n) is 14.0. The van der Waals surface area contributed by atoms with Crippen LogP contribution in [-0.4, -0.2) is 25.0 Å². The van der Waals surface area contributed by atoms with Crippen LogP contribution in [-0.2, 0) is 0 Å². The molecule has 0 fully saturated rings. The van der Waals surface area contributed by atoms with Crippen molar-refractivity contribution in [1.82, 2.24) is 5.32 Å². The lowest BCUT2D eigenvalue weighted by Gasteiger charge is -2.09. The standard InChI is InChI=1S/C19H22N2O3/c1-14-4-10-18(11-5-14)24-13-3-12-20-19(23)21-17-8-6-16(7-9-17)15(2)22/h4-11H,3,12-13H2,1-2H3,(H2,20,21,23). The van der Waals surface area contributed by atoms with E-state index in [2.05, 4.69) is 10.6 Å². The number of carbonyl (C=O) groups excluding carboxylic acids is 2. The van der Waals surface area contributed by atoms with Crippen LogP contribution in [0.4, 0.5) is 10.5 Å². The molecule has 0 aliphatic heterocycles. The fourth-order valence-electron chi connectivity index (χ4n) is 2.06. The Labute approximate surface area is 142 Å². The number of amides is 2. The van der Waals surface area contributed by atoms with Gasteiger partial charge in [-0.2, -0.15) is 0 Å². The van der Waals surface area contributed by atoms with E-state index in [9.17, 15) is 9.59 Å². The van der Waals surface area contributed by atoms with Crippen LogP contribution in [0.1, 0.15) is 29.3 Å². The summed E-state index contributed by atoms with van der Waals surface area (Å²) in [5, 5.41) is 5.49. The van der Waals surface area contributed by atoms with E-state index >= 15 is 0 Å². The van der Waals surface area contributed by atoms with Gasteiger partial charge in [-0.1, -0.05) is 17.7 Å². The molecule has 5 nitrogen and oxygen atoms in total. The number of urea groups is 1. The quantitative estimate of drug-likeness (QED) is 0.601. The number of anilines is 1. The van der Waals surface area contributed by atoms with E-state index in [-0.39, 0.29) is 11.8 Å². The van der Waals surface area contributed by atoms with Crippen LogP contribution < -0.4 is 15.4 Å². The van der Waals surface area contributed by atoms with Crippen LogP contribution in [0.2, 0.25) is 0 Å². The van der Waals surface area contributed by atoms with E-state index in [1.807, 2.05) is 31.2 Å². The van der Waals surface area contributed by atoms with E-state index in [4.69, 9.17) is 4.74 Å². The van der Waals surface area contributed by atoms with Gasteiger partial charge >= 0.3 is 6.03 Å². The summed E-state index contributed by atoms with van der Waals surface area (Å²) in [6, 6.07) is 14.4. The van der Waals surface area contributed by atoms with Crippen molar-refractivity contribution in [3.05, 3.63) is 59.7 Å². The van der Waals surface area contributed by atoms with Crippen molar-refractivity contribution < 1.29 is 14.3 Å². The molecule has 0 saturated heterocycles. The summed E-state index contributed by atoms with van der Waals surface area (Å²) in [5.74, 6) is 0.829. The zero-order chi connectivity index (χ0) is 17.4. The van der Waals surface area contributed by atoms with Gasteiger partial charge in [-0.15, -0.1) is 0 Å². The monoisotopic (exact) mass is 326 g/mol. The van der Waals surface area contributed by atoms with E-state index in [1.165, 1.54) is 12.5 Å². The number of benzene rings is 2. The van der Waals surface area contributed by atoms with Gasteiger partial charge in [0.25, 0.3) is 0 Å². The molecule has 0 spiro atoms. The van der Waals surface area contributed by atoms with Crippen LogP contribution >= 0.6 is 0 Å². The highest BCUT2D eigenvalue weighted by Crippen LogP contribution is 2.11. The summed E-state index contributed by atoms with van der Waals surface area (Å²) >= 11 is 0. The fraction of sp³-hybridized carbons (Fsp3) is 0.263. The lowest BCUT2D eigenvalue weighted by atomic mass is 10.1. The van der Waals surface area contributed by atoms with Crippen molar-refractivity contribution in [2.75, 3.05) is 18.5 Å². The van der Waals surface area contributed by atoms with Crippen LogP contribution in [0.15, 0.2) is 48.5 Å². The lowest BCUT2D eigenvalue weighted by molar-refractivity contribution is 0.101. The molecular weight excluding hydrogens is 304 g/mol. The molecule has 2 aromatic carbocycles. The Kier molecular flexibility index (Phi) is 6.37. The Morgan fingerprint density at radius 2 is 1.67 bits per heavy atom. The summed E-state index contributed by atoms with van der Waals surface area (Å²) in [5.41, 5.74) is 2.46. The minimum atomic E-state index is -0.277. The minimum absolute atomic E-state index is 0.000391. The molecule has 126 valence electrons. The molecule has 0 bridgehead atoms. The average Bonchev–Trinajstić information content (AvgIpc) is 2.56. The molecule has 2 N–H and O–H groups in total. The van der Waals surface area contributed by atoms with Gasteiger partial charge < -0.3 is 15.4 Å². The maximum Gasteiger partial charge on any atom is 0.319 e. The molecule has 0 radical (unpaired) electrons. The number of Topliss-reactive ketones (excluding diaryl/α,β-unsaturated/α-hetero) is 1. The lowest BCUT2D eigenvalue weighted by Crippen LogP contribution is -2.30. The summed E-state index contributed by atoms with van der Waals surface area (Å²) in [6.45, 7) is 4.59. The molecule has 2 aromatic rings. The fourth-order valence-corrected chi connectivity index (χ4v) is 2.06. The summed E-state index contributed by atoms with van der Waals surface area (Å²) in [7, 11) is 0. The van der Waals surface area contributed by atoms with Crippen molar-refractivity contribution in [3.63, 3.8) is 0 Å². The third-order valence-electron chi connectivity index (χ3n) is 3.45. The Hall–Kier alpha value is -2.82. The molecular formula is C19H22N2O3. The van der Waals surface area contributed by atoms with Crippen molar-refractivity contribution in [1.29, 1.82) is 0 Å². The normalized spacial score (nSPS) is 10.1. The Balaban J connectivity index is 1.64. The number of carbonyl (C=O) groups is 2. The molecule has 0 atom stereocenters. The van der Waals surface area contributed by atoms with Crippen molar-refractivity contribution in [3.8, 4) is 5.75 Å². The largest absolute Gasteiger partial charge is 0.494 e. The maximum atomic E-state index is 11.8. The number of aryl methyl sites for hydroxylation is 1. The van der Waals surface area contributed by atoms with Crippen molar-refractivity contribution in [2.24, 2.45) is 0 Å². The highest BCUT2D eigenvalue weighted by atomic mass is 16.5. The second-order valence-corrected chi connectivity index (χ2v) is 5.53. The van der Waals surface area contributed by atoms with E-state index in [0.717, 1.165) is 5.75 Å². The second kappa shape index (κ2) is 8.72. The van der Waals surface area contributed by atoms with Crippen LogP contribution in [0.25, 0.3) is 0 Å². The first-order valence-corrected chi connectivity index (χ1v) is 7.90. The predicted molar refractivity (Wildman–Crippen MR) is 94.8 cm³/mol. The molecule has 0 aliphatic rings. The molecule has 5 heteroatoms. The third kappa shape index (κ3) is 5.76. The van der Waals surface area contributed by atoms with Crippen molar-refractivity contribution in [2.45, 2.75) is 20.3 Å². The first-order chi connectivity index (χ1) is 11.5. The molecule has 24 heavy (non-hydrogen) atoms. The Morgan fingerprint density at radius 3 is 2.29 bits per heavy atom. The molecule has 0 aromatic heterocycles. The van der Waals surface area contributed by atoms with Gasteiger partial charge in [-0.05, 0) is 56.7 Å². The number of ether oxygens (including phenoxy) is 1. The SMILES string of the molecule is CC(=O)c1ccc(NC(=O)NCCCOc2ccc(C)cc2)cc1. The molecule has 0 unspecified atom stereocenters. The smallest absolute Gasteiger partial charge is 0.319 e. The van der Waals surface area contributed by atoms with E-state index in [0.29, 0.717) is 30.8 Å². The van der Waals surface area contributed by atoms with Gasteiger partial charge in [-0.25, -0.2) is 4.79 Å². The van der Waals surface area contributed by atoms with Gasteiger partial charge in [0.2, 0.25) is 0 Å². The summed E-state index contributed by atoms with van der Waals surface area (Å²) in [4.78, 5) is 23.0. The van der Waals surface area contributed by atoms with Gasteiger partial charge in [0, 0.05) is 17.8 Å². The van der Waals surface area contributed by atoms with Crippen LogP contribution in [0.3, 0.4) is 0 Å². The predicted octanol–water partition coefficient (Wildman–Crippen LogP) is 3.79. The first-order valence-electron chi connectivity index (χ1n) is 7.90. The number of ketones is 1. The number of rotatable bonds is 7. The second-order valence-electron chi connectivity index (χ2n) is 5.53. The zero-order valence-corrected chi connectivity index (χ0v) is 14.0. The van der Waals surface area contributed by atoms with Gasteiger partial charge in [0.1, 0.15) is 5.75 Å². The Morgan fingerprint density at radius 1 is 1.00 bits per heavy atom. The average molecular weight is 326 g/mol. The molecule has 0 heterocycles. The molecule has 2 amide bonds. The summed E-state index contributed by atoms with van der Waals surface area (Å²) in [6.07, 6.45) is 0.713. The number of hydrogen-bond acceptors (Lipinski definition) is 3. The van der Waals surface area contributed by atoms with Gasteiger partial charge in [0.05, 0.1) is 6.61 Å². The molecule has 2 rings (SSSR count). The van der Waals surface area contributed by atoms with Gasteiger partial charge in [-0.3, -0.25) is 4.79 Å². The number of hydrogen-bond donors (Lipinski definition) is 2.